The van der Waals surface area contributed by atoms with Gasteiger partial charge in [0, 0.05) is 19.1 Å². The highest BCUT2D eigenvalue weighted by Crippen LogP contribution is 2.51. The van der Waals surface area contributed by atoms with Gasteiger partial charge in [-0.1, -0.05) is 43.2 Å². The molecule has 1 N–H and O–H groups in total. The number of hydrogen-bond donors (Lipinski definition) is 1. The van der Waals surface area contributed by atoms with Crippen LogP contribution in [0.25, 0.3) is 0 Å². The Balaban J connectivity index is 1.83. The second kappa shape index (κ2) is 7.63. The van der Waals surface area contributed by atoms with Crippen molar-refractivity contribution >= 4 is 5.91 Å². The molecule has 4 nitrogen and oxygen atoms in total. The number of allylic oxidation sites excluding steroid dienone is 1. The van der Waals surface area contributed by atoms with E-state index in [1.807, 2.05) is 0 Å². The fourth-order valence-electron chi connectivity index (χ4n) is 4.47. The van der Waals surface area contributed by atoms with E-state index < -0.39 is 35.6 Å². The molecule has 4 rings (SSSR count). The number of rotatable bonds is 6. The van der Waals surface area contributed by atoms with Gasteiger partial charge in [-0.05, 0) is 31.2 Å². The van der Waals surface area contributed by atoms with Gasteiger partial charge in [-0.3, -0.25) is 9.80 Å². The summed E-state index contributed by atoms with van der Waals surface area (Å²) in [6, 6.07) is 7.01. The average molecular weight is 411 g/mol. The quantitative estimate of drug-likeness (QED) is 0.561. The van der Waals surface area contributed by atoms with Crippen molar-refractivity contribution < 1.29 is 22.4 Å². The smallest absolute Gasteiger partial charge is 0.280 e. The van der Waals surface area contributed by atoms with Crippen molar-refractivity contribution in [2.75, 3.05) is 7.05 Å². The molecule has 2 unspecified atom stereocenters. The lowest BCUT2D eigenvalue weighted by atomic mass is 9.93. The van der Waals surface area contributed by atoms with E-state index in [4.69, 9.17) is 0 Å². The Kier molecular flexibility index (Phi) is 5.31. The van der Waals surface area contributed by atoms with Crippen LogP contribution in [0.1, 0.15) is 50.3 Å². The molecule has 1 heterocycles. The van der Waals surface area contributed by atoms with Crippen molar-refractivity contribution in [1.29, 1.82) is 0 Å². The summed E-state index contributed by atoms with van der Waals surface area (Å²) in [5.41, 5.74) is -1.51. The molecule has 29 heavy (non-hydrogen) atoms. The Bertz CT molecular complexity index is 792. The molecule has 1 aliphatic heterocycles. The SMILES string of the molecule is CN1N(C2CCCC2)C(C(F)F)=C(C(=O)NC2CC2)C1(F)C(F)c1ccccc1. The molecule has 1 aromatic carbocycles. The molecule has 0 saturated heterocycles. The number of carbonyl (C=O) groups excluding carboxylic acids is 1. The van der Waals surface area contributed by atoms with Crippen molar-refractivity contribution in [3.63, 3.8) is 0 Å². The maximum Gasteiger partial charge on any atom is 0.280 e. The normalized spacial score (nSPS) is 27.2. The molecule has 3 aliphatic rings. The molecule has 0 bridgehead atoms. The van der Waals surface area contributed by atoms with Crippen molar-refractivity contribution in [2.45, 2.75) is 69.0 Å². The van der Waals surface area contributed by atoms with E-state index in [-0.39, 0.29) is 17.6 Å². The number of hydrogen-bond acceptors (Lipinski definition) is 3. The Morgan fingerprint density at radius 2 is 1.72 bits per heavy atom. The standard InChI is InChI=1S/C21H25F4N3O/c1-27-21(25,18(22)13-7-3-2-4-8-13)16(20(29)26-14-11-12-14)17(19(23)24)28(27)15-9-5-6-10-15/h2-4,7-8,14-15,18-19H,5-6,9-12H2,1H3,(H,26,29). The lowest BCUT2D eigenvalue weighted by Gasteiger charge is -2.40. The first-order chi connectivity index (χ1) is 13.9. The van der Waals surface area contributed by atoms with Gasteiger partial charge in [0.2, 0.25) is 5.79 Å². The molecule has 1 aromatic rings. The molecular weight excluding hydrogens is 386 g/mol. The van der Waals surface area contributed by atoms with E-state index in [1.54, 1.807) is 18.2 Å². The van der Waals surface area contributed by atoms with Gasteiger partial charge in [-0.25, -0.2) is 17.6 Å². The van der Waals surface area contributed by atoms with Crippen LogP contribution in [0.3, 0.4) is 0 Å². The van der Waals surface area contributed by atoms with Crippen LogP contribution in [-0.2, 0) is 4.79 Å². The zero-order valence-electron chi connectivity index (χ0n) is 16.3. The van der Waals surface area contributed by atoms with E-state index >= 15 is 8.78 Å². The van der Waals surface area contributed by atoms with Crippen LogP contribution in [0.4, 0.5) is 17.6 Å². The maximum atomic E-state index is 16.5. The van der Waals surface area contributed by atoms with E-state index in [2.05, 4.69) is 5.32 Å². The molecule has 2 aliphatic carbocycles. The third-order valence-electron chi connectivity index (χ3n) is 6.09. The number of nitrogens with one attached hydrogen (secondary N) is 1. The van der Waals surface area contributed by atoms with Crippen molar-refractivity contribution in [2.24, 2.45) is 0 Å². The molecule has 0 aromatic heterocycles. The molecule has 8 heteroatoms. The lowest BCUT2D eigenvalue weighted by molar-refractivity contribution is -0.151. The monoisotopic (exact) mass is 411 g/mol. The van der Waals surface area contributed by atoms with Gasteiger partial charge < -0.3 is 5.32 Å². The van der Waals surface area contributed by atoms with Crippen LogP contribution in [0, 0.1) is 0 Å². The summed E-state index contributed by atoms with van der Waals surface area (Å²) in [6.45, 7) is 0. The van der Waals surface area contributed by atoms with E-state index in [0.29, 0.717) is 25.7 Å². The zero-order chi connectivity index (χ0) is 20.8. The minimum absolute atomic E-state index is 0.000426. The highest BCUT2D eigenvalue weighted by atomic mass is 19.3. The van der Waals surface area contributed by atoms with E-state index in [1.165, 1.54) is 19.2 Å². The summed E-state index contributed by atoms with van der Waals surface area (Å²) >= 11 is 0. The van der Waals surface area contributed by atoms with Crippen LogP contribution < -0.4 is 5.32 Å². The summed E-state index contributed by atoms with van der Waals surface area (Å²) < 4.78 is 60.6. The predicted octanol–water partition coefficient (Wildman–Crippen LogP) is 4.27. The molecule has 2 fully saturated rings. The predicted molar refractivity (Wildman–Crippen MR) is 100 cm³/mol. The van der Waals surface area contributed by atoms with Crippen molar-refractivity contribution in [1.82, 2.24) is 15.3 Å². The first-order valence-electron chi connectivity index (χ1n) is 10.1. The Morgan fingerprint density at radius 1 is 1.10 bits per heavy atom. The van der Waals surface area contributed by atoms with Gasteiger partial charge in [-0.2, -0.15) is 5.01 Å². The Morgan fingerprint density at radius 3 is 2.28 bits per heavy atom. The first-order valence-corrected chi connectivity index (χ1v) is 10.1. The number of alkyl halides is 4. The van der Waals surface area contributed by atoms with Crippen LogP contribution in [0.15, 0.2) is 41.6 Å². The van der Waals surface area contributed by atoms with E-state index in [0.717, 1.165) is 22.9 Å². The fourth-order valence-corrected chi connectivity index (χ4v) is 4.47. The molecular formula is C21H25F4N3O. The summed E-state index contributed by atoms with van der Waals surface area (Å²) in [4.78, 5) is 12.9. The third kappa shape index (κ3) is 3.41. The molecule has 158 valence electrons. The van der Waals surface area contributed by atoms with Crippen molar-refractivity contribution in [3.8, 4) is 0 Å². The van der Waals surface area contributed by atoms with Gasteiger partial charge in [0.05, 0.1) is 0 Å². The molecule has 2 saturated carbocycles. The number of hydrazine groups is 1. The summed E-state index contributed by atoms with van der Waals surface area (Å²) in [6.07, 6.45) is -1.14. The second-order valence-electron chi connectivity index (χ2n) is 8.06. The minimum atomic E-state index is -3.10. The Hall–Kier alpha value is -2.09. The van der Waals surface area contributed by atoms with Crippen LogP contribution >= 0.6 is 0 Å². The lowest BCUT2D eigenvalue weighted by Crippen LogP contribution is -2.53. The molecule has 1 amide bonds. The first kappa shape index (κ1) is 20.2. The van der Waals surface area contributed by atoms with Crippen LogP contribution in [-0.4, -0.2) is 47.3 Å². The van der Waals surface area contributed by atoms with Crippen LogP contribution in [0.5, 0.6) is 0 Å². The largest absolute Gasteiger partial charge is 0.349 e. The number of likely N-dealkylation sites (N-methyl/N-ethyl adjacent to an activating group) is 1. The number of nitrogens with zero attached hydrogens (tertiary/aromatic N) is 2. The van der Waals surface area contributed by atoms with Gasteiger partial charge >= 0.3 is 0 Å². The van der Waals surface area contributed by atoms with E-state index in [9.17, 15) is 13.6 Å². The minimum Gasteiger partial charge on any atom is -0.349 e. The van der Waals surface area contributed by atoms with Gasteiger partial charge in [-0.15, -0.1) is 0 Å². The molecule has 2 atom stereocenters. The molecule has 0 spiro atoms. The topological polar surface area (TPSA) is 35.6 Å². The summed E-state index contributed by atoms with van der Waals surface area (Å²) in [5.74, 6) is -3.97. The number of halogens is 4. The third-order valence-corrected chi connectivity index (χ3v) is 6.09. The average Bonchev–Trinajstić information content (AvgIpc) is 3.28. The van der Waals surface area contributed by atoms with Gasteiger partial charge in [0.1, 0.15) is 11.3 Å². The fraction of sp³-hybridized carbons (Fsp3) is 0.571. The maximum absolute atomic E-state index is 16.5. The highest BCUT2D eigenvalue weighted by molar-refractivity contribution is 5.97. The second-order valence-corrected chi connectivity index (χ2v) is 8.06. The summed E-state index contributed by atoms with van der Waals surface area (Å²) in [5, 5.41) is 4.62. The summed E-state index contributed by atoms with van der Waals surface area (Å²) in [7, 11) is 1.26. The number of carbonyl (C=O) groups is 1. The van der Waals surface area contributed by atoms with Crippen LogP contribution in [0.2, 0.25) is 0 Å². The Labute approximate surface area is 167 Å². The van der Waals surface area contributed by atoms with Gasteiger partial charge in [0.25, 0.3) is 12.3 Å². The van der Waals surface area contributed by atoms with Gasteiger partial charge in [0.15, 0.2) is 6.17 Å². The highest BCUT2D eigenvalue weighted by Gasteiger charge is 2.61. The number of amides is 1. The number of benzene rings is 1. The molecule has 0 radical (unpaired) electrons. The van der Waals surface area contributed by atoms with Crippen molar-refractivity contribution in [3.05, 3.63) is 47.2 Å². The zero-order valence-corrected chi connectivity index (χ0v) is 16.3.